The molecule has 23 heavy (non-hydrogen) atoms. The zero-order chi connectivity index (χ0) is 16.8. The molecule has 2 aromatic rings. The lowest BCUT2D eigenvalue weighted by atomic mass is 9.71. The largest absolute Gasteiger partial charge is 0.394 e. The van der Waals surface area contributed by atoms with Gasteiger partial charge < -0.3 is 20.7 Å². The predicted molar refractivity (Wildman–Crippen MR) is 76.4 cm³/mol. The Morgan fingerprint density at radius 2 is 2.17 bits per heavy atom. The summed E-state index contributed by atoms with van der Waals surface area (Å²) in [5.41, 5.74) is 3.04. The Hall–Kier alpha value is -2.72. The van der Waals surface area contributed by atoms with Crippen molar-refractivity contribution in [3.63, 3.8) is 0 Å². The van der Waals surface area contributed by atoms with Crippen LogP contribution in [0.2, 0.25) is 0 Å². The van der Waals surface area contributed by atoms with Gasteiger partial charge in [-0.1, -0.05) is 0 Å². The van der Waals surface area contributed by atoms with Gasteiger partial charge in [-0.2, -0.15) is 15.6 Å². The molecular formula is C14H14N6O3. The lowest BCUT2D eigenvalue weighted by molar-refractivity contribution is -0.0584. The molecule has 2 aromatic heterocycles. The molecule has 4 atom stereocenters. The smallest absolute Gasteiger partial charge is 0.217 e. The molecular weight excluding hydrogens is 300 g/mol. The molecule has 3 rings (SSSR count). The molecule has 9 heteroatoms. The summed E-state index contributed by atoms with van der Waals surface area (Å²) in [5.74, 6) is 0.204. The van der Waals surface area contributed by atoms with Gasteiger partial charge in [0.05, 0.1) is 18.4 Å². The van der Waals surface area contributed by atoms with Crippen LogP contribution in [0.4, 0.5) is 5.82 Å². The quantitative estimate of drug-likeness (QED) is 0.658. The first-order chi connectivity index (χ1) is 10.9. The summed E-state index contributed by atoms with van der Waals surface area (Å²) in [6.45, 7) is 0.892. The Morgan fingerprint density at radius 3 is 2.78 bits per heavy atom. The summed E-state index contributed by atoms with van der Waals surface area (Å²) in [6.07, 6.45) is -1.19. The average molecular weight is 314 g/mol. The maximum absolute atomic E-state index is 10.4. The number of hydrogen-bond donors (Lipinski definition) is 3. The number of ether oxygens (including phenoxy) is 1. The van der Waals surface area contributed by atoms with Gasteiger partial charge in [0.15, 0.2) is 5.82 Å². The van der Waals surface area contributed by atoms with Crippen LogP contribution in [0.15, 0.2) is 18.5 Å². The van der Waals surface area contributed by atoms with E-state index < -0.39 is 29.8 Å². The van der Waals surface area contributed by atoms with Crippen LogP contribution in [-0.4, -0.2) is 43.6 Å². The number of nitrogen functional groups attached to an aromatic ring is 1. The van der Waals surface area contributed by atoms with Crippen LogP contribution >= 0.6 is 0 Å². The van der Waals surface area contributed by atoms with Crippen LogP contribution in [0.3, 0.4) is 0 Å². The lowest BCUT2D eigenvalue weighted by Crippen LogP contribution is -2.45. The molecule has 0 radical (unpaired) electrons. The van der Waals surface area contributed by atoms with Crippen molar-refractivity contribution in [2.45, 2.75) is 24.7 Å². The molecule has 9 nitrogen and oxygen atoms in total. The van der Waals surface area contributed by atoms with Gasteiger partial charge in [0.25, 0.3) is 0 Å². The summed E-state index contributed by atoms with van der Waals surface area (Å²) in [6, 6.07) is 7.11. The van der Waals surface area contributed by atoms with E-state index in [0.717, 1.165) is 0 Å². The minimum atomic E-state index is -1.82. The Balaban J connectivity index is 2.31. The second kappa shape index (κ2) is 4.89. The topological polar surface area (TPSA) is 153 Å². The summed E-state index contributed by atoms with van der Waals surface area (Å²) >= 11 is 0. The summed E-state index contributed by atoms with van der Waals surface area (Å²) < 4.78 is 7.01. The molecule has 3 heterocycles. The van der Waals surface area contributed by atoms with E-state index in [1.807, 2.05) is 12.1 Å². The van der Waals surface area contributed by atoms with Crippen LogP contribution < -0.4 is 5.73 Å². The van der Waals surface area contributed by atoms with Gasteiger partial charge >= 0.3 is 0 Å². The number of rotatable bonds is 2. The van der Waals surface area contributed by atoms with Gasteiger partial charge in [-0.05, 0) is 19.1 Å². The van der Waals surface area contributed by atoms with Gasteiger partial charge in [0, 0.05) is 0 Å². The van der Waals surface area contributed by atoms with Gasteiger partial charge in [0.1, 0.15) is 35.5 Å². The normalized spacial score (nSPS) is 33.4. The molecule has 1 aliphatic heterocycles. The number of aliphatic hydroxyl groups is 2. The van der Waals surface area contributed by atoms with Crippen molar-refractivity contribution >= 4 is 11.3 Å². The first kappa shape index (κ1) is 15.2. The van der Waals surface area contributed by atoms with Crippen molar-refractivity contribution in [2.24, 2.45) is 5.41 Å². The number of aromatic nitrogens is 3. The first-order valence-electron chi connectivity index (χ1n) is 6.83. The van der Waals surface area contributed by atoms with Gasteiger partial charge in [-0.25, -0.2) is 9.50 Å². The van der Waals surface area contributed by atoms with E-state index in [9.17, 15) is 20.7 Å². The number of aliphatic hydroxyl groups excluding tert-OH is 2. The van der Waals surface area contributed by atoms with Gasteiger partial charge in [-0.3, -0.25) is 0 Å². The fraction of sp³-hybridized carbons (Fsp3) is 0.429. The van der Waals surface area contributed by atoms with Crippen LogP contribution in [-0.2, 0) is 10.3 Å². The number of fused-ring (bicyclic) bond motifs is 1. The van der Waals surface area contributed by atoms with Gasteiger partial charge in [0.2, 0.25) is 5.60 Å². The van der Waals surface area contributed by atoms with E-state index in [1.165, 1.54) is 17.8 Å². The number of hydrogen-bond acceptors (Lipinski definition) is 8. The Kier molecular flexibility index (Phi) is 3.23. The lowest BCUT2D eigenvalue weighted by Gasteiger charge is -2.31. The molecule has 0 spiro atoms. The maximum Gasteiger partial charge on any atom is 0.217 e. The highest BCUT2D eigenvalue weighted by Crippen LogP contribution is 2.52. The van der Waals surface area contributed by atoms with Crippen molar-refractivity contribution in [1.82, 2.24) is 14.6 Å². The van der Waals surface area contributed by atoms with E-state index in [4.69, 9.17) is 10.5 Å². The third kappa shape index (κ3) is 1.69. The molecule has 118 valence electrons. The number of anilines is 1. The molecule has 0 aromatic carbocycles. The summed E-state index contributed by atoms with van der Waals surface area (Å²) in [5, 5.41) is 43.2. The number of nitrogens with zero attached hydrogens (tertiary/aromatic N) is 5. The summed E-state index contributed by atoms with van der Waals surface area (Å²) in [4.78, 5) is 3.87. The highest BCUT2D eigenvalue weighted by molar-refractivity contribution is 5.66. The molecule has 0 saturated carbocycles. The second-order valence-electron chi connectivity index (χ2n) is 5.55. The highest BCUT2D eigenvalue weighted by atomic mass is 16.5. The fourth-order valence-corrected chi connectivity index (χ4v) is 3.02. The molecule has 1 aliphatic rings. The molecule has 0 unspecified atom stereocenters. The van der Waals surface area contributed by atoms with E-state index >= 15 is 0 Å². The number of nitrogens with two attached hydrogens (primary N) is 1. The second-order valence-corrected chi connectivity index (χ2v) is 5.55. The maximum atomic E-state index is 10.4. The van der Waals surface area contributed by atoms with E-state index in [2.05, 4.69) is 10.1 Å². The van der Waals surface area contributed by atoms with Crippen molar-refractivity contribution in [3.05, 3.63) is 24.2 Å². The number of nitriles is 2. The molecule has 0 bridgehead atoms. The Bertz CT molecular complexity index is 852. The molecule has 0 amide bonds. The fourth-order valence-electron chi connectivity index (χ4n) is 3.02. The highest BCUT2D eigenvalue weighted by Gasteiger charge is 2.66. The molecule has 4 N–H and O–H groups in total. The minimum absolute atomic E-state index is 0.204. The molecule has 0 aliphatic carbocycles. The van der Waals surface area contributed by atoms with Crippen molar-refractivity contribution in [1.29, 1.82) is 10.5 Å². The molecule has 1 fully saturated rings. The molecule has 1 saturated heterocycles. The van der Waals surface area contributed by atoms with Crippen LogP contribution in [0, 0.1) is 28.1 Å². The van der Waals surface area contributed by atoms with Crippen LogP contribution in [0.1, 0.15) is 12.6 Å². The third-order valence-electron chi connectivity index (χ3n) is 4.42. The van der Waals surface area contributed by atoms with Crippen molar-refractivity contribution < 1.29 is 14.9 Å². The average Bonchev–Trinajstić information content (AvgIpc) is 3.09. The van der Waals surface area contributed by atoms with Crippen LogP contribution in [0.25, 0.3) is 5.52 Å². The zero-order valence-electron chi connectivity index (χ0n) is 12.2. The van der Waals surface area contributed by atoms with Crippen molar-refractivity contribution in [3.8, 4) is 12.1 Å². The zero-order valence-corrected chi connectivity index (χ0v) is 12.2. The Labute approximate surface area is 131 Å². The SMILES string of the molecule is C[C@@]1(C#N)[C@H](O)[C@@H](CO)O[C@@]1(C#N)c1ccc2c(N)ncnn12. The summed E-state index contributed by atoms with van der Waals surface area (Å²) in [7, 11) is 0. The Morgan fingerprint density at radius 1 is 1.43 bits per heavy atom. The standard InChI is InChI=1S/C14H14N6O3/c1-13(5-15)11(22)9(4-21)23-14(13,6-16)10-3-2-8-12(17)18-7-19-20(8)10/h2-3,7,9,11,21-22H,4H2,1H3,(H2,17,18,19)/t9-,11-,13-,14+/m1/s1. The van der Waals surface area contributed by atoms with E-state index in [1.54, 1.807) is 12.1 Å². The monoisotopic (exact) mass is 314 g/mol. The minimum Gasteiger partial charge on any atom is -0.394 e. The third-order valence-corrected chi connectivity index (χ3v) is 4.42. The van der Waals surface area contributed by atoms with Gasteiger partial charge in [-0.15, -0.1) is 0 Å². The van der Waals surface area contributed by atoms with Crippen molar-refractivity contribution in [2.75, 3.05) is 12.3 Å². The van der Waals surface area contributed by atoms with E-state index in [0.29, 0.717) is 5.52 Å². The first-order valence-corrected chi connectivity index (χ1v) is 6.83. The van der Waals surface area contributed by atoms with E-state index in [-0.39, 0.29) is 11.5 Å². The van der Waals surface area contributed by atoms with Crippen LogP contribution in [0.5, 0.6) is 0 Å². The predicted octanol–water partition coefficient (Wildman–Crippen LogP) is -0.688.